The molecule has 3 N–H and O–H groups in total. The molecule has 5 nitrogen and oxygen atoms in total. The van der Waals surface area contributed by atoms with Gasteiger partial charge < -0.3 is 16.0 Å². The van der Waals surface area contributed by atoms with Crippen molar-refractivity contribution in [3.63, 3.8) is 0 Å². The lowest BCUT2D eigenvalue weighted by Crippen LogP contribution is -2.22. The van der Waals surface area contributed by atoms with Gasteiger partial charge in [-0.1, -0.05) is 30.3 Å². The second-order valence-corrected chi connectivity index (χ2v) is 4.99. The summed E-state index contributed by atoms with van der Waals surface area (Å²) in [7, 11) is 0. The van der Waals surface area contributed by atoms with Crippen LogP contribution in [0.3, 0.4) is 0 Å². The molecule has 0 radical (unpaired) electrons. The van der Waals surface area contributed by atoms with Gasteiger partial charge in [-0.15, -0.1) is 0 Å². The lowest BCUT2D eigenvalue weighted by molar-refractivity contribution is -0.116. The maximum absolute atomic E-state index is 11.5. The van der Waals surface area contributed by atoms with Gasteiger partial charge in [0.15, 0.2) is 0 Å². The summed E-state index contributed by atoms with van der Waals surface area (Å²) >= 11 is 0. The van der Waals surface area contributed by atoms with Gasteiger partial charge in [-0.25, -0.2) is 4.98 Å². The van der Waals surface area contributed by atoms with Crippen LogP contribution in [0, 0.1) is 0 Å². The van der Waals surface area contributed by atoms with Gasteiger partial charge in [-0.2, -0.15) is 0 Å². The molecule has 116 valence electrons. The van der Waals surface area contributed by atoms with Crippen LogP contribution < -0.4 is 16.0 Å². The molecular formula is C17H22N4O. The Labute approximate surface area is 131 Å². The first-order valence-electron chi connectivity index (χ1n) is 7.47. The first-order chi connectivity index (χ1) is 10.7. The van der Waals surface area contributed by atoms with E-state index in [0.717, 1.165) is 18.8 Å². The summed E-state index contributed by atoms with van der Waals surface area (Å²) in [5, 5.41) is 2.73. The number of benzene rings is 1. The van der Waals surface area contributed by atoms with E-state index in [-0.39, 0.29) is 5.91 Å². The van der Waals surface area contributed by atoms with Crippen molar-refractivity contribution < 1.29 is 4.79 Å². The van der Waals surface area contributed by atoms with Crippen molar-refractivity contribution in [2.24, 2.45) is 5.73 Å². The topological polar surface area (TPSA) is 71.2 Å². The quantitative estimate of drug-likeness (QED) is 0.823. The van der Waals surface area contributed by atoms with E-state index < -0.39 is 0 Å². The molecule has 1 aromatic heterocycles. The summed E-state index contributed by atoms with van der Waals surface area (Å²) in [5.74, 6) is 0.442. The largest absolute Gasteiger partial charge is 0.366 e. The normalized spacial score (nSPS) is 10.3. The average molecular weight is 298 g/mol. The summed E-state index contributed by atoms with van der Waals surface area (Å²) in [5.41, 5.74) is 7.64. The third-order valence-corrected chi connectivity index (χ3v) is 3.35. The SMILES string of the molecule is CCN(Cc1ccccc1)c1ccc(NC(=O)CCN)nc1. The Morgan fingerprint density at radius 3 is 2.59 bits per heavy atom. The fourth-order valence-electron chi connectivity index (χ4n) is 2.17. The number of hydrogen-bond donors (Lipinski definition) is 2. The fourth-order valence-corrected chi connectivity index (χ4v) is 2.17. The molecule has 0 aliphatic carbocycles. The van der Waals surface area contributed by atoms with Crippen LogP contribution in [0.5, 0.6) is 0 Å². The highest BCUT2D eigenvalue weighted by Crippen LogP contribution is 2.17. The maximum Gasteiger partial charge on any atom is 0.226 e. The van der Waals surface area contributed by atoms with Crippen LogP contribution in [0.1, 0.15) is 18.9 Å². The van der Waals surface area contributed by atoms with E-state index in [4.69, 9.17) is 5.73 Å². The first-order valence-corrected chi connectivity index (χ1v) is 7.47. The van der Waals surface area contributed by atoms with Crippen LogP contribution in [0.2, 0.25) is 0 Å². The number of anilines is 2. The number of amides is 1. The summed E-state index contributed by atoms with van der Waals surface area (Å²) < 4.78 is 0. The van der Waals surface area contributed by atoms with E-state index in [2.05, 4.69) is 34.3 Å². The molecule has 5 heteroatoms. The minimum Gasteiger partial charge on any atom is -0.366 e. The Hall–Kier alpha value is -2.40. The number of hydrogen-bond acceptors (Lipinski definition) is 4. The van der Waals surface area contributed by atoms with E-state index in [1.54, 1.807) is 6.20 Å². The molecule has 22 heavy (non-hydrogen) atoms. The minimum atomic E-state index is -0.112. The lowest BCUT2D eigenvalue weighted by atomic mass is 10.2. The Kier molecular flexibility index (Phi) is 5.91. The molecule has 0 saturated heterocycles. The van der Waals surface area contributed by atoms with Crippen LogP contribution in [0.25, 0.3) is 0 Å². The van der Waals surface area contributed by atoms with E-state index >= 15 is 0 Å². The van der Waals surface area contributed by atoms with Gasteiger partial charge in [0.05, 0.1) is 11.9 Å². The predicted molar refractivity (Wildman–Crippen MR) is 89.7 cm³/mol. The third-order valence-electron chi connectivity index (χ3n) is 3.35. The number of carbonyl (C=O) groups excluding carboxylic acids is 1. The monoisotopic (exact) mass is 298 g/mol. The third kappa shape index (κ3) is 4.56. The molecule has 1 amide bonds. The molecule has 0 atom stereocenters. The Balaban J connectivity index is 2.02. The molecule has 0 aliphatic heterocycles. The number of pyridine rings is 1. The van der Waals surface area contributed by atoms with Crippen LogP contribution in [-0.2, 0) is 11.3 Å². The smallest absolute Gasteiger partial charge is 0.226 e. The molecule has 0 aliphatic rings. The summed E-state index contributed by atoms with van der Waals surface area (Å²) in [6.07, 6.45) is 2.09. The fraction of sp³-hybridized carbons (Fsp3) is 0.294. The summed E-state index contributed by atoms with van der Waals surface area (Å²) in [6.45, 7) is 4.16. The van der Waals surface area contributed by atoms with Crippen molar-refractivity contribution in [1.82, 2.24) is 4.98 Å². The van der Waals surface area contributed by atoms with Crippen molar-refractivity contribution in [2.45, 2.75) is 19.9 Å². The zero-order chi connectivity index (χ0) is 15.8. The van der Waals surface area contributed by atoms with Crippen LogP contribution in [0.4, 0.5) is 11.5 Å². The van der Waals surface area contributed by atoms with Crippen LogP contribution in [0.15, 0.2) is 48.7 Å². The maximum atomic E-state index is 11.5. The number of rotatable bonds is 7. The zero-order valence-corrected chi connectivity index (χ0v) is 12.8. The molecule has 0 bridgehead atoms. The van der Waals surface area contributed by atoms with E-state index in [1.807, 2.05) is 30.3 Å². The molecule has 1 aromatic carbocycles. The number of aromatic nitrogens is 1. The lowest BCUT2D eigenvalue weighted by Gasteiger charge is -2.23. The van der Waals surface area contributed by atoms with Gasteiger partial charge in [0.25, 0.3) is 0 Å². The van der Waals surface area contributed by atoms with Crippen molar-refractivity contribution in [3.05, 3.63) is 54.2 Å². The van der Waals surface area contributed by atoms with Crippen molar-refractivity contribution in [2.75, 3.05) is 23.3 Å². The highest BCUT2D eigenvalue weighted by atomic mass is 16.1. The molecular weight excluding hydrogens is 276 g/mol. The average Bonchev–Trinajstić information content (AvgIpc) is 2.55. The number of nitrogens with zero attached hydrogens (tertiary/aromatic N) is 2. The predicted octanol–water partition coefficient (Wildman–Crippen LogP) is 2.40. The molecule has 2 aromatic rings. The van der Waals surface area contributed by atoms with Crippen LogP contribution >= 0.6 is 0 Å². The van der Waals surface area contributed by atoms with Gasteiger partial charge in [0, 0.05) is 26.1 Å². The number of nitrogens with two attached hydrogens (primary N) is 1. The molecule has 1 heterocycles. The molecule has 0 saturated carbocycles. The van der Waals surface area contributed by atoms with Gasteiger partial charge in [0.1, 0.15) is 5.82 Å². The molecule has 0 unspecified atom stereocenters. The number of nitrogens with one attached hydrogen (secondary N) is 1. The van der Waals surface area contributed by atoms with Crippen LogP contribution in [-0.4, -0.2) is 24.0 Å². The Morgan fingerprint density at radius 1 is 1.23 bits per heavy atom. The highest BCUT2D eigenvalue weighted by Gasteiger charge is 2.07. The van der Waals surface area contributed by atoms with E-state index in [1.165, 1.54) is 5.56 Å². The zero-order valence-electron chi connectivity index (χ0n) is 12.8. The first kappa shape index (κ1) is 16.0. The number of carbonyl (C=O) groups is 1. The molecule has 0 fully saturated rings. The molecule has 0 spiro atoms. The second-order valence-electron chi connectivity index (χ2n) is 4.99. The summed E-state index contributed by atoms with van der Waals surface area (Å²) in [4.78, 5) is 18.0. The van der Waals surface area contributed by atoms with Crippen molar-refractivity contribution in [3.8, 4) is 0 Å². The van der Waals surface area contributed by atoms with Gasteiger partial charge >= 0.3 is 0 Å². The Bertz CT molecular complexity index is 583. The Morgan fingerprint density at radius 2 is 2.00 bits per heavy atom. The van der Waals surface area contributed by atoms with Crippen molar-refractivity contribution >= 4 is 17.4 Å². The van der Waals surface area contributed by atoms with Gasteiger partial charge in [-0.05, 0) is 24.6 Å². The standard InChI is InChI=1S/C17H22N4O/c1-2-21(13-14-6-4-3-5-7-14)15-8-9-16(19-12-15)20-17(22)10-11-18/h3-9,12H,2,10-11,13,18H2,1H3,(H,19,20,22). The van der Waals surface area contributed by atoms with Gasteiger partial charge in [0.2, 0.25) is 5.91 Å². The second kappa shape index (κ2) is 8.14. The summed E-state index contributed by atoms with van der Waals surface area (Å²) in [6, 6.07) is 14.1. The van der Waals surface area contributed by atoms with E-state index in [9.17, 15) is 4.79 Å². The molecule has 2 rings (SSSR count). The van der Waals surface area contributed by atoms with Crippen molar-refractivity contribution in [1.29, 1.82) is 0 Å². The van der Waals surface area contributed by atoms with E-state index in [0.29, 0.717) is 18.8 Å². The van der Waals surface area contributed by atoms with Gasteiger partial charge in [-0.3, -0.25) is 4.79 Å². The highest BCUT2D eigenvalue weighted by molar-refractivity contribution is 5.89. The minimum absolute atomic E-state index is 0.112.